The van der Waals surface area contributed by atoms with Crippen LogP contribution in [0.25, 0.3) is 0 Å². The fraction of sp³-hybridized carbons (Fsp3) is 0.400. The second-order valence-corrected chi connectivity index (χ2v) is 4.66. The van der Waals surface area contributed by atoms with Gasteiger partial charge >= 0.3 is 101 Å². The molecule has 0 aliphatic rings. The van der Waals surface area contributed by atoms with E-state index in [1.54, 1.807) is 13.8 Å². The van der Waals surface area contributed by atoms with Gasteiger partial charge in [-0.3, -0.25) is 0 Å². The Morgan fingerprint density at radius 3 is 1.47 bits per heavy atom. The van der Waals surface area contributed by atoms with Crippen LogP contribution in [-0.4, -0.2) is 33.5 Å². The van der Waals surface area contributed by atoms with E-state index in [0.29, 0.717) is 11.5 Å². The minimum atomic E-state index is -1.48. The van der Waals surface area contributed by atoms with E-state index < -0.39 is 22.0 Å². The Bertz CT molecular complexity index is 275. The molecular weight excluding hydrogens is 303 g/mol. The quantitative estimate of drug-likeness (QED) is 0.424. The number of carbonyl (C=O) groups is 2. The Labute approximate surface area is 101 Å². The minimum absolute atomic E-state index is 0.0529. The Morgan fingerprint density at radius 1 is 0.867 bits per heavy atom. The Kier molecular flexibility index (Phi) is 7.11. The molecule has 0 fully saturated rings. The fourth-order valence-corrected chi connectivity index (χ4v) is 1.99. The van der Waals surface area contributed by atoms with Gasteiger partial charge in [0, 0.05) is 0 Å². The number of rotatable bonds is 6. The van der Waals surface area contributed by atoms with Crippen LogP contribution in [0.4, 0.5) is 0 Å². The van der Waals surface area contributed by atoms with E-state index in [9.17, 15) is 9.59 Å². The Balaban J connectivity index is 3.90. The monoisotopic (exact) mass is 318 g/mol. The van der Waals surface area contributed by atoms with E-state index in [0.717, 1.165) is 0 Å². The molecule has 0 unspecified atom stereocenters. The first-order valence-corrected chi connectivity index (χ1v) is 6.71. The van der Waals surface area contributed by atoms with Crippen molar-refractivity contribution in [3.63, 3.8) is 0 Å². The Hall–Kier alpha value is -0.781. The van der Waals surface area contributed by atoms with Gasteiger partial charge in [-0.15, -0.1) is 0 Å². The molecule has 0 aliphatic heterocycles. The summed E-state index contributed by atoms with van der Waals surface area (Å²) in [4.78, 5) is 21.3. The maximum atomic E-state index is 10.7. The van der Waals surface area contributed by atoms with Gasteiger partial charge in [0.05, 0.1) is 0 Å². The molecule has 15 heavy (non-hydrogen) atoms. The van der Waals surface area contributed by atoms with Crippen molar-refractivity contribution in [2.75, 3.05) is 0 Å². The zero-order valence-corrected chi connectivity index (χ0v) is 12.1. The molecule has 0 aromatic carbocycles. The predicted molar refractivity (Wildman–Crippen MR) is 56.8 cm³/mol. The van der Waals surface area contributed by atoms with Crippen LogP contribution in [0.3, 0.4) is 0 Å². The van der Waals surface area contributed by atoms with E-state index in [2.05, 4.69) is 0 Å². The molecule has 0 heterocycles. The zero-order chi connectivity index (χ0) is 11.8. The van der Waals surface area contributed by atoms with Gasteiger partial charge in [-0.1, -0.05) is 0 Å². The van der Waals surface area contributed by atoms with Crippen molar-refractivity contribution in [1.82, 2.24) is 0 Å². The molecule has 82 valence electrons. The SMILES string of the molecule is CC(=O)/C=C(\C)[O][Sn][O]/C(C)=C/C(C)=O. The summed E-state index contributed by atoms with van der Waals surface area (Å²) < 4.78 is 10.5. The first kappa shape index (κ1) is 14.2. The van der Waals surface area contributed by atoms with Crippen LogP contribution in [0.1, 0.15) is 27.7 Å². The molecule has 0 aromatic rings. The number of carbonyl (C=O) groups excluding carboxylic acids is 2. The third-order valence-corrected chi connectivity index (χ3v) is 3.53. The number of hydrogen-bond acceptors (Lipinski definition) is 4. The van der Waals surface area contributed by atoms with Gasteiger partial charge in [0.15, 0.2) is 0 Å². The van der Waals surface area contributed by atoms with Gasteiger partial charge in [0.2, 0.25) is 0 Å². The van der Waals surface area contributed by atoms with Crippen molar-refractivity contribution in [2.24, 2.45) is 0 Å². The molecule has 5 heteroatoms. The topological polar surface area (TPSA) is 52.6 Å². The average molecular weight is 317 g/mol. The summed E-state index contributed by atoms with van der Waals surface area (Å²) in [5, 5.41) is 0. The normalized spacial score (nSPS) is 12.3. The third-order valence-electron chi connectivity index (χ3n) is 1.22. The van der Waals surface area contributed by atoms with E-state index in [1.807, 2.05) is 0 Å². The number of hydrogen-bond donors (Lipinski definition) is 0. The molecule has 0 aromatic heterocycles. The summed E-state index contributed by atoms with van der Waals surface area (Å²) in [5.41, 5.74) is 0. The van der Waals surface area contributed by atoms with E-state index in [4.69, 9.17) is 6.15 Å². The van der Waals surface area contributed by atoms with Gasteiger partial charge in [0.1, 0.15) is 0 Å². The van der Waals surface area contributed by atoms with Crippen LogP contribution in [0.5, 0.6) is 0 Å². The predicted octanol–water partition coefficient (Wildman–Crippen LogP) is 1.54. The first-order chi connectivity index (χ1) is 6.91. The molecule has 0 aliphatic carbocycles. The second-order valence-electron chi connectivity index (χ2n) is 3.02. The molecule has 0 bridgehead atoms. The molecular formula is C10H14O4Sn. The van der Waals surface area contributed by atoms with Gasteiger partial charge in [0.25, 0.3) is 0 Å². The van der Waals surface area contributed by atoms with Gasteiger partial charge < -0.3 is 0 Å². The van der Waals surface area contributed by atoms with Crippen LogP contribution in [0.15, 0.2) is 23.7 Å². The number of allylic oxidation sites excluding steroid dienone is 4. The summed E-state index contributed by atoms with van der Waals surface area (Å²) in [6, 6.07) is 0. The van der Waals surface area contributed by atoms with Crippen molar-refractivity contribution in [3.8, 4) is 0 Å². The van der Waals surface area contributed by atoms with Crippen LogP contribution >= 0.6 is 0 Å². The molecule has 0 N–H and O–H groups in total. The van der Waals surface area contributed by atoms with Crippen molar-refractivity contribution in [3.05, 3.63) is 23.7 Å². The molecule has 0 saturated heterocycles. The maximum absolute atomic E-state index is 10.7. The average Bonchev–Trinajstić information content (AvgIpc) is 2.00. The standard InChI is InChI=1S/2C5H8O2.Sn/c2*1-4(6)3-5(2)7;/h2*3,6H,1-2H3;/q;;+2/p-2/b2*4-3+;. The van der Waals surface area contributed by atoms with Crippen molar-refractivity contribution in [2.45, 2.75) is 27.7 Å². The van der Waals surface area contributed by atoms with Gasteiger partial charge in [-0.2, -0.15) is 0 Å². The van der Waals surface area contributed by atoms with Crippen LogP contribution in [0.2, 0.25) is 0 Å². The van der Waals surface area contributed by atoms with Gasteiger partial charge in [-0.25, -0.2) is 0 Å². The molecule has 0 saturated carbocycles. The molecule has 0 rings (SSSR count). The molecule has 2 radical (unpaired) electrons. The third kappa shape index (κ3) is 9.52. The summed E-state index contributed by atoms with van der Waals surface area (Å²) in [5.74, 6) is 1.01. The fourth-order valence-electron chi connectivity index (χ4n) is 0.784. The molecule has 4 nitrogen and oxygen atoms in total. The zero-order valence-electron chi connectivity index (χ0n) is 9.29. The summed E-state index contributed by atoms with van der Waals surface area (Å²) in [7, 11) is 0. The summed E-state index contributed by atoms with van der Waals surface area (Å²) in [6.45, 7) is 6.32. The molecule has 0 spiro atoms. The molecule has 0 atom stereocenters. The van der Waals surface area contributed by atoms with Gasteiger partial charge in [-0.05, 0) is 0 Å². The molecule has 0 amide bonds. The van der Waals surface area contributed by atoms with Crippen molar-refractivity contribution in [1.29, 1.82) is 0 Å². The van der Waals surface area contributed by atoms with E-state index in [-0.39, 0.29) is 11.6 Å². The van der Waals surface area contributed by atoms with Crippen molar-refractivity contribution >= 4 is 33.5 Å². The van der Waals surface area contributed by atoms with Crippen molar-refractivity contribution < 1.29 is 15.7 Å². The summed E-state index contributed by atoms with van der Waals surface area (Å²) in [6.07, 6.45) is 2.82. The van der Waals surface area contributed by atoms with E-state index >= 15 is 0 Å². The van der Waals surface area contributed by atoms with Crippen LogP contribution in [-0.2, 0) is 15.7 Å². The van der Waals surface area contributed by atoms with Crippen LogP contribution in [0, 0.1) is 0 Å². The van der Waals surface area contributed by atoms with E-state index in [1.165, 1.54) is 26.0 Å². The summed E-state index contributed by atoms with van der Waals surface area (Å²) >= 11 is -1.48. The van der Waals surface area contributed by atoms with Crippen LogP contribution < -0.4 is 0 Å². The second kappa shape index (κ2) is 7.50. The Morgan fingerprint density at radius 2 is 1.20 bits per heavy atom. The first-order valence-electron chi connectivity index (χ1n) is 4.38. The number of ketones is 2.